The molecule has 7 aromatic rings. The van der Waals surface area contributed by atoms with Crippen molar-refractivity contribution in [3.8, 4) is 11.4 Å². The number of nitrogens with zero attached hydrogens (tertiary/aromatic N) is 4. The second-order valence-electron chi connectivity index (χ2n) is 12.6. The standard InChI is InChI=1S/C39H34N4O.Pt/c1-22(2)27-10-14-34-33(18-27)30-8-7-15-40-38(30)42(34)28-11-12-29-32-16-23(3)9-13-35(32)43(37(29)19-28)36-20-31(24(4)17-25(36)5)39-41-26(6)21-44-39;/h7-18,22,26H,21H2,1-6H3;/q-2;+2/t26-;/m1./s1. The molecule has 0 amide bonds. The molecule has 8 rings (SSSR count). The predicted molar refractivity (Wildman–Crippen MR) is 181 cm³/mol. The van der Waals surface area contributed by atoms with Gasteiger partial charge in [-0.2, -0.15) is 6.07 Å². The number of fused-ring (bicyclic) bond motifs is 6. The second-order valence-corrected chi connectivity index (χ2v) is 12.6. The first-order chi connectivity index (χ1) is 21.3. The van der Waals surface area contributed by atoms with Crippen molar-refractivity contribution in [2.75, 3.05) is 6.61 Å². The van der Waals surface area contributed by atoms with Crippen molar-refractivity contribution >= 4 is 49.6 Å². The third-order valence-electron chi connectivity index (χ3n) is 8.95. The minimum absolute atomic E-state index is 0. The van der Waals surface area contributed by atoms with E-state index in [0.717, 1.165) is 61.0 Å². The van der Waals surface area contributed by atoms with Gasteiger partial charge in [0.2, 0.25) is 0 Å². The van der Waals surface area contributed by atoms with Crippen LogP contribution in [0.1, 0.15) is 54.5 Å². The first kappa shape index (κ1) is 29.5. The van der Waals surface area contributed by atoms with Gasteiger partial charge in [-0.15, -0.1) is 40.8 Å². The summed E-state index contributed by atoms with van der Waals surface area (Å²) in [5, 5.41) is 4.71. The van der Waals surface area contributed by atoms with Crippen molar-refractivity contribution in [1.29, 1.82) is 0 Å². The molecule has 1 aliphatic rings. The minimum atomic E-state index is 0. The molecular weight excluding hydrogens is 736 g/mol. The van der Waals surface area contributed by atoms with Crippen molar-refractivity contribution in [3.63, 3.8) is 0 Å². The Kier molecular flexibility index (Phi) is 7.21. The Labute approximate surface area is 277 Å². The van der Waals surface area contributed by atoms with Gasteiger partial charge < -0.3 is 13.9 Å². The Morgan fingerprint density at radius 1 is 0.822 bits per heavy atom. The van der Waals surface area contributed by atoms with Crippen LogP contribution >= 0.6 is 0 Å². The van der Waals surface area contributed by atoms with E-state index in [1.807, 2.05) is 12.3 Å². The van der Waals surface area contributed by atoms with Crippen molar-refractivity contribution in [2.45, 2.75) is 53.5 Å². The summed E-state index contributed by atoms with van der Waals surface area (Å²) < 4.78 is 10.6. The molecule has 0 bridgehead atoms. The maximum absolute atomic E-state index is 6.00. The molecule has 3 aromatic heterocycles. The van der Waals surface area contributed by atoms with Gasteiger partial charge in [-0.3, -0.25) is 4.99 Å². The summed E-state index contributed by atoms with van der Waals surface area (Å²) in [5.74, 6) is 1.12. The van der Waals surface area contributed by atoms with Crippen LogP contribution < -0.4 is 0 Å². The first-order valence-corrected chi connectivity index (χ1v) is 15.4. The number of hydrogen-bond donors (Lipinski definition) is 0. The van der Waals surface area contributed by atoms with E-state index < -0.39 is 0 Å². The Morgan fingerprint density at radius 2 is 1.60 bits per heavy atom. The van der Waals surface area contributed by atoms with E-state index in [2.05, 4.69) is 123 Å². The summed E-state index contributed by atoms with van der Waals surface area (Å²) in [6.45, 7) is 13.6. The molecule has 0 saturated carbocycles. The summed E-state index contributed by atoms with van der Waals surface area (Å²) in [5.41, 5.74) is 11.8. The van der Waals surface area contributed by atoms with Crippen LogP contribution in [0.2, 0.25) is 0 Å². The molecular formula is C39H34N4OPt. The van der Waals surface area contributed by atoms with Crippen molar-refractivity contribution < 1.29 is 25.8 Å². The number of pyridine rings is 1. The van der Waals surface area contributed by atoms with Gasteiger partial charge >= 0.3 is 21.1 Å². The molecule has 0 N–H and O–H groups in total. The molecule has 5 nitrogen and oxygen atoms in total. The maximum Gasteiger partial charge on any atom is 2.00 e. The predicted octanol–water partition coefficient (Wildman–Crippen LogP) is 9.09. The van der Waals surface area contributed by atoms with Crippen LogP contribution in [-0.4, -0.2) is 32.7 Å². The zero-order valence-corrected chi connectivity index (χ0v) is 28.6. The Morgan fingerprint density at radius 3 is 2.38 bits per heavy atom. The number of aliphatic imine (C=N–C) groups is 1. The number of ether oxygens (including phenoxy) is 1. The molecule has 0 radical (unpaired) electrons. The number of aryl methyl sites for hydroxylation is 3. The molecule has 0 aliphatic carbocycles. The van der Waals surface area contributed by atoms with Gasteiger partial charge in [0.15, 0.2) is 0 Å². The van der Waals surface area contributed by atoms with E-state index in [-0.39, 0.29) is 27.1 Å². The summed E-state index contributed by atoms with van der Waals surface area (Å²) in [7, 11) is 0. The maximum atomic E-state index is 6.00. The van der Waals surface area contributed by atoms with Crippen molar-refractivity contribution in [2.24, 2.45) is 4.99 Å². The second kappa shape index (κ2) is 11.0. The molecule has 0 spiro atoms. The SMILES string of the molecule is Cc1ccc2c(c1)c1ccc(-n3c4ccc(C(C)C)cc4c4cccnc43)[c-]c1n2-c1[c-]c(C2=N[C@H](C)CO2)c(C)cc1C.[Pt+2]. The quantitative estimate of drug-likeness (QED) is 0.168. The van der Waals surface area contributed by atoms with E-state index in [0.29, 0.717) is 18.4 Å². The van der Waals surface area contributed by atoms with E-state index in [1.165, 1.54) is 21.9 Å². The fourth-order valence-electron chi connectivity index (χ4n) is 6.72. The topological polar surface area (TPSA) is 44.3 Å². The van der Waals surface area contributed by atoms with Crippen LogP contribution in [0.3, 0.4) is 0 Å². The molecule has 1 aliphatic heterocycles. The molecule has 0 unspecified atom stereocenters. The van der Waals surface area contributed by atoms with Crippen LogP contribution in [0.15, 0.2) is 77.9 Å². The van der Waals surface area contributed by atoms with Gasteiger partial charge in [0, 0.05) is 22.5 Å². The van der Waals surface area contributed by atoms with Crippen LogP contribution in [0.25, 0.3) is 55.1 Å². The molecule has 4 heterocycles. The van der Waals surface area contributed by atoms with Gasteiger partial charge in [-0.1, -0.05) is 68.2 Å². The van der Waals surface area contributed by atoms with Gasteiger partial charge in [-0.05, 0) is 66.7 Å². The van der Waals surface area contributed by atoms with Crippen LogP contribution in [0, 0.1) is 32.9 Å². The fraction of sp³-hybridized carbons (Fsp3) is 0.231. The monoisotopic (exact) mass is 769 g/mol. The summed E-state index contributed by atoms with van der Waals surface area (Å²) in [4.78, 5) is 9.64. The molecule has 4 aromatic carbocycles. The average Bonchev–Trinajstić information content (AvgIpc) is 3.68. The Balaban J connectivity index is 0.00000325. The number of rotatable bonds is 4. The van der Waals surface area contributed by atoms with E-state index in [4.69, 9.17) is 14.7 Å². The Hall–Kier alpha value is -4.21. The summed E-state index contributed by atoms with van der Waals surface area (Å²) >= 11 is 0. The molecule has 0 fully saturated rings. The fourth-order valence-corrected chi connectivity index (χ4v) is 6.72. The normalized spacial score (nSPS) is 14.9. The zero-order valence-electron chi connectivity index (χ0n) is 26.3. The van der Waals surface area contributed by atoms with Crippen LogP contribution in [0.4, 0.5) is 0 Å². The molecule has 45 heavy (non-hydrogen) atoms. The first-order valence-electron chi connectivity index (χ1n) is 15.4. The minimum Gasteiger partial charge on any atom is -0.518 e. The van der Waals surface area contributed by atoms with Crippen LogP contribution in [-0.2, 0) is 25.8 Å². The van der Waals surface area contributed by atoms with Gasteiger partial charge in [0.1, 0.15) is 11.5 Å². The largest absolute Gasteiger partial charge is 2.00 e. The summed E-state index contributed by atoms with van der Waals surface area (Å²) in [6.07, 6.45) is 1.88. The average molecular weight is 770 g/mol. The summed E-state index contributed by atoms with van der Waals surface area (Å²) in [6, 6.07) is 32.0. The Bertz CT molecular complexity index is 2320. The van der Waals surface area contributed by atoms with Gasteiger partial charge in [0.05, 0.1) is 18.2 Å². The third-order valence-corrected chi connectivity index (χ3v) is 8.95. The molecule has 226 valence electrons. The van der Waals surface area contributed by atoms with Crippen LogP contribution in [0.5, 0.6) is 0 Å². The van der Waals surface area contributed by atoms with E-state index >= 15 is 0 Å². The van der Waals surface area contributed by atoms with Gasteiger partial charge in [0.25, 0.3) is 0 Å². The third kappa shape index (κ3) is 4.63. The van der Waals surface area contributed by atoms with Gasteiger partial charge in [-0.25, -0.2) is 4.98 Å². The number of aromatic nitrogens is 3. The smallest absolute Gasteiger partial charge is 0.518 e. The molecule has 6 heteroatoms. The van der Waals surface area contributed by atoms with E-state index in [9.17, 15) is 0 Å². The molecule has 1 atom stereocenters. The molecule has 0 saturated heterocycles. The number of hydrogen-bond acceptors (Lipinski definition) is 3. The van der Waals surface area contributed by atoms with Crippen molar-refractivity contribution in [1.82, 2.24) is 14.1 Å². The van der Waals surface area contributed by atoms with E-state index in [1.54, 1.807) is 0 Å². The van der Waals surface area contributed by atoms with Crippen molar-refractivity contribution in [3.05, 3.63) is 113 Å². The number of benzene rings is 4. The zero-order chi connectivity index (χ0) is 30.3.